The zero-order valence-corrected chi connectivity index (χ0v) is 7.68. The van der Waals surface area contributed by atoms with Gasteiger partial charge in [0.05, 0.1) is 18.2 Å². The molecule has 1 heterocycles. The maximum absolute atomic E-state index is 5.78. The fourth-order valence-electron chi connectivity index (χ4n) is 1.23. The van der Waals surface area contributed by atoms with Gasteiger partial charge >= 0.3 is 0 Å². The monoisotopic (exact) mass is 159 g/mol. The molecule has 0 bridgehead atoms. The Bertz CT molecular complexity index is 154. The second kappa shape index (κ2) is 2.44. The van der Waals surface area contributed by atoms with Gasteiger partial charge in [0.15, 0.2) is 5.79 Å². The van der Waals surface area contributed by atoms with Gasteiger partial charge in [0.2, 0.25) is 0 Å². The molecule has 0 radical (unpaired) electrons. The minimum absolute atomic E-state index is 0.0319. The molecule has 1 saturated heterocycles. The summed E-state index contributed by atoms with van der Waals surface area (Å²) in [6.45, 7) is 8.35. The maximum Gasteiger partial charge on any atom is 0.163 e. The normalized spacial score (nSPS) is 35.2. The van der Waals surface area contributed by atoms with Crippen molar-refractivity contribution < 1.29 is 9.47 Å². The van der Waals surface area contributed by atoms with Gasteiger partial charge < -0.3 is 15.2 Å². The molecule has 0 aromatic rings. The molecule has 1 rings (SSSR count). The van der Waals surface area contributed by atoms with Crippen molar-refractivity contribution in [2.24, 2.45) is 5.73 Å². The smallest absolute Gasteiger partial charge is 0.163 e. The highest BCUT2D eigenvalue weighted by molar-refractivity contribution is 4.87. The quantitative estimate of drug-likeness (QED) is 0.570. The molecule has 66 valence electrons. The zero-order chi connectivity index (χ0) is 8.70. The first kappa shape index (κ1) is 8.97. The lowest BCUT2D eigenvalue weighted by Crippen LogP contribution is -2.58. The molecule has 3 nitrogen and oxygen atoms in total. The topological polar surface area (TPSA) is 44.5 Å². The first-order valence-electron chi connectivity index (χ1n) is 3.93. The maximum atomic E-state index is 5.78. The Balaban J connectivity index is 2.67. The Hall–Kier alpha value is -0.120. The Morgan fingerprint density at radius 2 is 1.82 bits per heavy atom. The lowest BCUT2D eigenvalue weighted by atomic mass is 9.98. The van der Waals surface area contributed by atoms with E-state index in [4.69, 9.17) is 15.2 Å². The van der Waals surface area contributed by atoms with E-state index in [0.717, 1.165) is 0 Å². The number of nitrogens with two attached hydrogens (primary N) is 1. The van der Waals surface area contributed by atoms with Crippen LogP contribution >= 0.6 is 0 Å². The predicted octanol–water partition coefficient (Wildman–Crippen LogP) is 0.875. The molecule has 1 unspecified atom stereocenters. The summed E-state index contributed by atoms with van der Waals surface area (Å²) in [5.74, 6) is -0.487. The summed E-state index contributed by atoms with van der Waals surface area (Å²) in [6.07, 6.45) is 0. The standard InChI is InChI=1S/C8H17NO2/c1-7(2)6(9)5-10-8(3,4)11-7/h6H,5,9H2,1-4H3. The van der Waals surface area contributed by atoms with Crippen molar-refractivity contribution in [1.29, 1.82) is 0 Å². The third-order valence-corrected chi connectivity index (χ3v) is 2.01. The van der Waals surface area contributed by atoms with Crippen LogP contribution in [0.25, 0.3) is 0 Å². The van der Waals surface area contributed by atoms with E-state index in [9.17, 15) is 0 Å². The summed E-state index contributed by atoms with van der Waals surface area (Å²) in [7, 11) is 0. The molecule has 2 N–H and O–H groups in total. The lowest BCUT2D eigenvalue weighted by Gasteiger charge is -2.44. The number of hydrogen-bond donors (Lipinski definition) is 1. The molecule has 0 aromatic carbocycles. The fraction of sp³-hybridized carbons (Fsp3) is 1.00. The fourth-order valence-corrected chi connectivity index (χ4v) is 1.23. The number of rotatable bonds is 0. The van der Waals surface area contributed by atoms with Crippen molar-refractivity contribution in [1.82, 2.24) is 0 Å². The average Bonchev–Trinajstić information content (AvgIpc) is 1.77. The van der Waals surface area contributed by atoms with Crippen molar-refractivity contribution in [3.63, 3.8) is 0 Å². The van der Waals surface area contributed by atoms with Crippen molar-refractivity contribution in [3.8, 4) is 0 Å². The molecular formula is C8H17NO2. The Morgan fingerprint density at radius 3 is 2.18 bits per heavy atom. The molecule has 1 aliphatic heterocycles. The Morgan fingerprint density at radius 1 is 1.27 bits per heavy atom. The van der Waals surface area contributed by atoms with Gasteiger partial charge in [-0.05, 0) is 27.7 Å². The molecule has 0 aliphatic carbocycles. The van der Waals surface area contributed by atoms with Crippen LogP contribution in [0.5, 0.6) is 0 Å². The highest BCUT2D eigenvalue weighted by Gasteiger charge is 2.40. The minimum Gasteiger partial charge on any atom is -0.349 e. The third-order valence-electron chi connectivity index (χ3n) is 2.01. The van der Waals surface area contributed by atoms with E-state index >= 15 is 0 Å². The van der Waals surface area contributed by atoms with Crippen LogP contribution in [0.3, 0.4) is 0 Å². The van der Waals surface area contributed by atoms with E-state index in [1.54, 1.807) is 0 Å². The van der Waals surface area contributed by atoms with Crippen LogP contribution in [0.4, 0.5) is 0 Å². The van der Waals surface area contributed by atoms with E-state index in [1.165, 1.54) is 0 Å². The lowest BCUT2D eigenvalue weighted by molar-refractivity contribution is -0.307. The second-order valence-electron chi connectivity index (χ2n) is 4.02. The zero-order valence-electron chi connectivity index (χ0n) is 7.68. The molecule has 1 fully saturated rings. The summed E-state index contributed by atoms with van der Waals surface area (Å²) < 4.78 is 11.0. The van der Waals surface area contributed by atoms with Gasteiger partial charge in [-0.3, -0.25) is 0 Å². The second-order valence-corrected chi connectivity index (χ2v) is 4.02. The molecule has 3 heteroatoms. The molecule has 0 spiro atoms. The van der Waals surface area contributed by atoms with Crippen molar-refractivity contribution in [2.45, 2.75) is 45.1 Å². The van der Waals surface area contributed by atoms with Gasteiger partial charge in [0.1, 0.15) is 0 Å². The van der Waals surface area contributed by atoms with Gasteiger partial charge in [-0.1, -0.05) is 0 Å². The summed E-state index contributed by atoms with van der Waals surface area (Å²) in [6, 6.07) is -0.0319. The van der Waals surface area contributed by atoms with Crippen LogP contribution < -0.4 is 5.73 Å². The molecule has 1 aliphatic rings. The van der Waals surface area contributed by atoms with Gasteiger partial charge in [0.25, 0.3) is 0 Å². The van der Waals surface area contributed by atoms with Crippen molar-refractivity contribution in [3.05, 3.63) is 0 Å². The van der Waals surface area contributed by atoms with Gasteiger partial charge in [-0.2, -0.15) is 0 Å². The van der Waals surface area contributed by atoms with Gasteiger partial charge in [0, 0.05) is 0 Å². The van der Waals surface area contributed by atoms with Gasteiger partial charge in [-0.25, -0.2) is 0 Å². The predicted molar refractivity (Wildman–Crippen MR) is 43.2 cm³/mol. The Kier molecular flexibility index (Phi) is 1.99. The van der Waals surface area contributed by atoms with Crippen LogP contribution in [-0.2, 0) is 9.47 Å². The molecule has 0 aromatic heterocycles. The van der Waals surface area contributed by atoms with Crippen LogP contribution in [0, 0.1) is 0 Å². The highest BCUT2D eigenvalue weighted by Crippen LogP contribution is 2.28. The van der Waals surface area contributed by atoms with E-state index in [1.807, 2.05) is 27.7 Å². The number of ether oxygens (including phenoxy) is 2. The van der Waals surface area contributed by atoms with E-state index in [2.05, 4.69) is 0 Å². The third kappa shape index (κ3) is 1.92. The Labute approximate surface area is 67.9 Å². The summed E-state index contributed by atoms with van der Waals surface area (Å²) in [4.78, 5) is 0. The number of hydrogen-bond acceptors (Lipinski definition) is 3. The highest BCUT2D eigenvalue weighted by atomic mass is 16.7. The summed E-state index contributed by atoms with van der Waals surface area (Å²) in [5.41, 5.74) is 5.51. The molecule has 1 atom stereocenters. The van der Waals surface area contributed by atoms with Crippen LogP contribution in [0.1, 0.15) is 27.7 Å². The van der Waals surface area contributed by atoms with Crippen molar-refractivity contribution in [2.75, 3.05) is 6.61 Å². The largest absolute Gasteiger partial charge is 0.349 e. The van der Waals surface area contributed by atoms with E-state index in [-0.39, 0.29) is 11.6 Å². The van der Waals surface area contributed by atoms with Gasteiger partial charge in [-0.15, -0.1) is 0 Å². The van der Waals surface area contributed by atoms with Crippen LogP contribution in [-0.4, -0.2) is 24.0 Å². The first-order valence-corrected chi connectivity index (χ1v) is 3.93. The average molecular weight is 159 g/mol. The van der Waals surface area contributed by atoms with Crippen LogP contribution in [0.15, 0.2) is 0 Å². The van der Waals surface area contributed by atoms with E-state index in [0.29, 0.717) is 6.61 Å². The SMILES string of the molecule is CC1(C)OCC(N)C(C)(C)O1. The van der Waals surface area contributed by atoms with E-state index < -0.39 is 5.79 Å². The first-order chi connectivity index (χ1) is 4.83. The van der Waals surface area contributed by atoms with Crippen LogP contribution in [0.2, 0.25) is 0 Å². The summed E-state index contributed by atoms with van der Waals surface area (Å²) >= 11 is 0. The molecular weight excluding hydrogens is 142 g/mol. The minimum atomic E-state index is -0.487. The molecule has 0 saturated carbocycles. The van der Waals surface area contributed by atoms with Crippen molar-refractivity contribution >= 4 is 0 Å². The summed E-state index contributed by atoms with van der Waals surface area (Å²) in [5, 5.41) is 0. The molecule has 11 heavy (non-hydrogen) atoms. The molecule has 0 amide bonds.